The molecular formula is C9H2ClF3N4O4. The van der Waals surface area contributed by atoms with Crippen LogP contribution in [0, 0.1) is 20.2 Å². The normalized spacial score (nSPS) is 11.6. The van der Waals surface area contributed by atoms with E-state index in [0.717, 1.165) is 0 Å². The highest BCUT2D eigenvalue weighted by Crippen LogP contribution is 2.36. The molecule has 21 heavy (non-hydrogen) atoms. The molecule has 2 rings (SSSR count). The molecule has 0 aliphatic heterocycles. The topological polar surface area (TPSA) is 112 Å². The highest BCUT2D eigenvalue weighted by molar-refractivity contribution is 6.30. The van der Waals surface area contributed by atoms with Crippen molar-refractivity contribution in [2.45, 2.75) is 6.18 Å². The number of nitrogens with zero attached hydrogens (tertiary/aromatic N) is 4. The first-order chi connectivity index (χ1) is 9.61. The molecule has 0 N–H and O–H groups in total. The first kappa shape index (κ1) is 14.8. The van der Waals surface area contributed by atoms with E-state index in [2.05, 4.69) is 9.97 Å². The Labute approximate surface area is 117 Å². The van der Waals surface area contributed by atoms with Crippen molar-refractivity contribution in [3.05, 3.63) is 43.2 Å². The number of nitro groups is 2. The van der Waals surface area contributed by atoms with Gasteiger partial charge < -0.3 is 0 Å². The van der Waals surface area contributed by atoms with E-state index >= 15 is 0 Å². The number of halogens is 4. The molecule has 0 fully saturated rings. The first-order valence-electron chi connectivity index (χ1n) is 4.98. The molecule has 0 unspecified atom stereocenters. The van der Waals surface area contributed by atoms with Gasteiger partial charge in [-0.3, -0.25) is 20.2 Å². The van der Waals surface area contributed by atoms with Crippen LogP contribution in [0.15, 0.2) is 12.1 Å². The standard InChI is InChI=1S/C9H2ClF3N4O4/c10-8-7(9(11,12)13)14-3-1-5(16(18)19)6(17(20)21)2-4(3)15-8/h1-2H. The SMILES string of the molecule is O=[N+]([O-])c1cc2nc(Cl)c(C(F)(F)F)nc2cc1[N+](=O)[O-]. The Morgan fingerprint density at radius 2 is 1.43 bits per heavy atom. The van der Waals surface area contributed by atoms with Crippen molar-refractivity contribution in [2.75, 3.05) is 0 Å². The van der Waals surface area contributed by atoms with E-state index in [0.29, 0.717) is 12.1 Å². The van der Waals surface area contributed by atoms with Crippen LogP contribution in [0.3, 0.4) is 0 Å². The van der Waals surface area contributed by atoms with Crippen LogP contribution in [-0.4, -0.2) is 19.8 Å². The van der Waals surface area contributed by atoms with Gasteiger partial charge >= 0.3 is 17.6 Å². The number of nitro benzene ring substituents is 2. The van der Waals surface area contributed by atoms with E-state index in [1.54, 1.807) is 0 Å². The third-order valence-corrected chi connectivity index (χ3v) is 2.64. The molecule has 12 heteroatoms. The van der Waals surface area contributed by atoms with Crippen LogP contribution in [0.2, 0.25) is 5.15 Å². The number of aromatic nitrogens is 2. The molecule has 0 radical (unpaired) electrons. The lowest BCUT2D eigenvalue weighted by molar-refractivity contribution is -0.422. The lowest BCUT2D eigenvalue weighted by atomic mass is 10.2. The molecule has 0 spiro atoms. The lowest BCUT2D eigenvalue weighted by Gasteiger charge is -2.08. The fraction of sp³-hybridized carbons (Fsp3) is 0.111. The number of rotatable bonds is 2. The van der Waals surface area contributed by atoms with Gasteiger partial charge in [0.05, 0.1) is 33.0 Å². The second-order valence-electron chi connectivity index (χ2n) is 3.70. The minimum atomic E-state index is -4.91. The van der Waals surface area contributed by atoms with Crippen LogP contribution < -0.4 is 0 Å². The van der Waals surface area contributed by atoms with Gasteiger partial charge in [-0.1, -0.05) is 11.6 Å². The van der Waals surface area contributed by atoms with Crippen LogP contribution in [0.5, 0.6) is 0 Å². The maximum absolute atomic E-state index is 12.6. The van der Waals surface area contributed by atoms with Gasteiger partial charge in [-0.05, 0) is 0 Å². The molecular weight excluding hydrogens is 321 g/mol. The summed E-state index contributed by atoms with van der Waals surface area (Å²) >= 11 is 5.32. The quantitative estimate of drug-likeness (QED) is 0.620. The summed E-state index contributed by atoms with van der Waals surface area (Å²) < 4.78 is 37.8. The smallest absolute Gasteiger partial charge is 0.258 e. The van der Waals surface area contributed by atoms with E-state index in [1.807, 2.05) is 0 Å². The van der Waals surface area contributed by atoms with Crippen LogP contribution >= 0.6 is 11.6 Å². The summed E-state index contributed by atoms with van der Waals surface area (Å²) in [7, 11) is 0. The molecule has 2 aromatic rings. The lowest BCUT2D eigenvalue weighted by Crippen LogP contribution is -2.10. The Balaban J connectivity index is 2.83. The predicted molar refractivity (Wildman–Crippen MR) is 62.9 cm³/mol. The summed E-state index contributed by atoms with van der Waals surface area (Å²) in [6.45, 7) is 0. The largest absolute Gasteiger partial charge is 0.436 e. The van der Waals surface area contributed by atoms with Gasteiger partial charge in [-0.25, -0.2) is 9.97 Å². The minimum Gasteiger partial charge on any atom is -0.258 e. The van der Waals surface area contributed by atoms with Crippen LogP contribution in [0.25, 0.3) is 11.0 Å². The van der Waals surface area contributed by atoms with Gasteiger partial charge in [0, 0.05) is 0 Å². The number of alkyl halides is 3. The van der Waals surface area contributed by atoms with Crippen molar-refractivity contribution in [3.63, 3.8) is 0 Å². The van der Waals surface area contributed by atoms with Crippen LogP contribution in [0.1, 0.15) is 5.69 Å². The molecule has 110 valence electrons. The van der Waals surface area contributed by atoms with Gasteiger partial charge in [0.15, 0.2) is 10.8 Å². The van der Waals surface area contributed by atoms with Gasteiger partial charge in [0.2, 0.25) is 0 Å². The van der Waals surface area contributed by atoms with Gasteiger partial charge in [-0.15, -0.1) is 0 Å². The molecule has 0 atom stereocenters. The third kappa shape index (κ3) is 2.67. The second kappa shape index (κ2) is 4.77. The summed E-state index contributed by atoms with van der Waals surface area (Å²) in [6, 6.07) is 1.19. The van der Waals surface area contributed by atoms with Gasteiger partial charge in [-0.2, -0.15) is 13.2 Å². The molecule has 0 saturated carbocycles. The number of benzene rings is 1. The molecule has 0 aliphatic rings. The zero-order valence-electron chi connectivity index (χ0n) is 9.59. The van der Waals surface area contributed by atoms with E-state index < -0.39 is 43.8 Å². The molecule has 0 bridgehead atoms. The van der Waals surface area contributed by atoms with Crippen molar-refractivity contribution in [3.8, 4) is 0 Å². The summed E-state index contributed by atoms with van der Waals surface area (Å²) in [5, 5.41) is 20.4. The van der Waals surface area contributed by atoms with Crippen molar-refractivity contribution in [2.24, 2.45) is 0 Å². The summed E-state index contributed by atoms with van der Waals surface area (Å²) in [5.74, 6) is 0. The summed E-state index contributed by atoms with van der Waals surface area (Å²) in [5.41, 5.74) is -4.32. The molecule has 8 nitrogen and oxygen atoms in total. The van der Waals surface area contributed by atoms with E-state index in [4.69, 9.17) is 11.6 Å². The molecule has 0 aliphatic carbocycles. The molecule has 1 heterocycles. The maximum atomic E-state index is 12.6. The Hall–Kier alpha value is -2.56. The van der Waals surface area contributed by atoms with Crippen molar-refractivity contribution >= 4 is 34.0 Å². The monoisotopic (exact) mass is 322 g/mol. The number of hydrogen-bond donors (Lipinski definition) is 0. The molecule has 1 aromatic heterocycles. The van der Waals surface area contributed by atoms with E-state index in [1.165, 1.54) is 0 Å². The van der Waals surface area contributed by atoms with Gasteiger partial charge in [0.25, 0.3) is 0 Å². The van der Waals surface area contributed by atoms with Crippen molar-refractivity contribution in [1.82, 2.24) is 9.97 Å². The molecule has 0 amide bonds. The second-order valence-corrected chi connectivity index (χ2v) is 4.06. The summed E-state index contributed by atoms with van der Waals surface area (Å²) in [6.07, 6.45) is -4.91. The highest BCUT2D eigenvalue weighted by Gasteiger charge is 2.37. The average Bonchev–Trinajstić information content (AvgIpc) is 2.34. The Morgan fingerprint density at radius 3 is 1.81 bits per heavy atom. The number of fused-ring (bicyclic) bond motifs is 1. The van der Waals surface area contributed by atoms with Gasteiger partial charge in [0.1, 0.15) is 0 Å². The average molecular weight is 323 g/mol. The number of hydrogen-bond acceptors (Lipinski definition) is 6. The van der Waals surface area contributed by atoms with Crippen LogP contribution in [0.4, 0.5) is 24.5 Å². The van der Waals surface area contributed by atoms with Crippen LogP contribution in [-0.2, 0) is 6.18 Å². The third-order valence-electron chi connectivity index (χ3n) is 2.38. The summed E-state index contributed by atoms with van der Waals surface area (Å²) in [4.78, 5) is 25.8. The Morgan fingerprint density at radius 1 is 1.00 bits per heavy atom. The minimum absolute atomic E-state index is 0.356. The van der Waals surface area contributed by atoms with Crippen molar-refractivity contribution in [1.29, 1.82) is 0 Å². The van der Waals surface area contributed by atoms with Crippen molar-refractivity contribution < 1.29 is 23.0 Å². The Bertz CT molecular complexity index is 780. The maximum Gasteiger partial charge on any atom is 0.436 e. The predicted octanol–water partition coefficient (Wildman–Crippen LogP) is 3.12. The Kier molecular flexibility index (Phi) is 3.37. The molecule has 0 saturated heterocycles. The van der Waals surface area contributed by atoms with E-state index in [9.17, 15) is 33.4 Å². The molecule has 1 aromatic carbocycles. The van der Waals surface area contributed by atoms with E-state index in [-0.39, 0.29) is 5.52 Å². The zero-order valence-corrected chi connectivity index (χ0v) is 10.3. The fourth-order valence-corrected chi connectivity index (χ4v) is 1.77. The highest BCUT2D eigenvalue weighted by atomic mass is 35.5. The zero-order chi connectivity index (χ0) is 15.9. The first-order valence-corrected chi connectivity index (χ1v) is 5.36. The fourth-order valence-electron chi connectivity index (χ4n) is 1.53.